The number of nitrogens with zero attached hydrogens (tertiary/aromatic N) is 2. The number of thiophene rings is 1. The van der Waals surface area contributed by atoms with Gasteiger partial charge in [-0.15, -0.1) is 0 Å². The van der Waals surface area contributed by atoms with Crippen molar-refractivity contribution in [3.8, 4) is 0 Å². The molecule has 7 heteroatoms. The minimum Gasteiger partial charge on any atom is -0.352 e. The van der Waals surface area contributed by atoms with Gasteiger partial charge in [-0.1, -0.05) is 12.1 Å². The third-order valence-corrected chi connectivity index (χ3v) is 4.83. The van der Waals surface area contributed by atoms with Gasteiger partial charge in [-0.05, 0) is 36.9 Å². The highest BCUT2D eigenvalue weighted by atomic mass is 32.1. The Bertz CT molecular complexity index is 886. The van der Waals surface area contributed by atoms with E-state index >= 15 is 0 Å². The second kappa shape index (κ2) is 8.62. The van der Waals surface area contributed by atoms with Gasteiger partial charge in [0.05, 0.1) is 17.6 Å². The standard InChI is InChI=1S/C19H22N4O2S/c1-2-23-16-7-4-3-6-15(16)22-17(23)12-21-18(24)8-5-10-20-19(25)14-9-11-26-13-14/h3-4,6-7,9,11,13H,2,5,8,10,12H2,1H3,(H,20,25)(H,21,24). The summed E-state index contributed by atoms with van der Waals surface area (Å²) in [6.07, 6.45) is 0.974. The van der Waals surface area contributed by atoms with Crippen LogP contribution in [-0.2, 0) is 17.9 Å². The molecule has 0 atom stereocenters. The van der Waals surface area contributed by atoms with Crippen molar-refractivity contribution in [1.82, 2.24) is 20.2 Å². The number of benzene rings is 1. The Balaban J connectivity index is 1.44. The smallest absolute Gasteiger partial charge is 0.252 e. The van der Waals surface area contributed by atoms with E-state index in [-0.39, 0.29) is 11.8 Å². The zero-order valence-electron chi connectivity index (χ0n) is 14.7. The molecular formula is C19H22N4O2S. The number of imidazole rings is 1. The molecule has 2 N–H and O–H groups in total. The maximum absolute atomic E-state index is 12.0. The van der Waals surface area contributed by atoms with E-state index < -0.39 is 0 Å². The van der Waals surface area contributed by atoms with Gasteiger partial charge in [-0.2, -0.15) is 11.3 Å². The fourth-order valence-electron chi connectivity index (χ4n) is 2.83. The van der Waals surface area contributed by atoms with Crippen LogP contribution in [0.4, 0.5) is 0 Å². The van der Waals surface area contributed by atoms with Gasteiger partial charge in [0.15, 0.2) is 0 Å². The molecular weight excluding hydrogens is 348 g/mol. The number of para-hydroxylation sites is 2. The molecule has 136 valence electrons. The van der Waals surface area contributed by atoms with Crippen molar-refractivity contribution >= 4 is 34.2 Å². The van der Waals surface area contributed by atoms with Crippen molar-refractivity contribution in [2.24, 2.45) is 0 Å². The molecule has 0 aliphatic carbocycles. The van der Waals surface area contributed by atoms with Crippen molar-refractivity contribution < 1.29 is 9.59 Å². The predicted octanol–water partition coefficient (Wildman–Crippen LogP) is 2.94. The van der Waals surface area contributed by atoms with Crippen LogP contribution in [-0.4, -0.2) is 27.9 Å². The summed E-state index contributed by atoms with van der Waals surface area (Å²) in [5.41, 5.74) is 2.68. The topological polar surface area (TPSA) is 76.0 Å². The molecule has 1 aromatic carbocycles. The second-order valence-electron chi connectivity index (χ2n) is 5.91. The molecule has 2 amide bonds. The molecule has 0 unspecified atom stereocenters. The van der Waals surface area contributed by atoms with Crippen molar-refractivity contribution in [2.45, 2.75) is 32.9 Å². The first-order chi connectivity index (χ1) is 12.7. The van der Waals surface area contributed by atoms with Gasteiger partial charge in [-0.25, -0.2) is 4.98 Å². The summed E-state index contributed by atoms with van der Waals surface area (Å²) in [5, 5.41) is 9.41. The zero-order valence-corrected chi connectivity index (χ0v) is 15.5. The first kappa shape index (κ1) is 18.1. The van der Waals surface area contributed by atoms with Crippen LogP contribution < -0.4 is 10.6 Å². The van der Waals surface area contributed by atoms with Crippen LogP contribution in [0.3, 0.4) is 0 Å². The fourth-order valence-corrected chi connectivity index (χ4v) is 3.46. The minimum atomic E-state index is -0.0941. The van der Waals surface area contributed by atoms with E-state index in [1.54, 1.807) is 6.07 Å². The summed E-state index contributed by atoms with van der Waals surface area (Å²) >= 11 is 1.49. The minimum absolute atomic E-state index is 0.0375. The van der Waals surface area contributed by atoms with Crippen molar-refractivity contribution in [2.75, 3.05) is 6.54 Å². The molecule has 6 nitrogen and oxygen atoms in total. The monoisotopic (exact) mass is 370 g/mol. The number of aryl methyl sites for hydroxylation is 1. The van der Waals surface area contributed by atoms with Gasteiger partial charge in [0.1, 0.15) is 5.82 Å². The highest BCUT2D eigenvalue weighted by Gasteiger charge is 2.10. The van der Waals surface area contributed by atoms with Gasteiger partial charge in [0.2, 0.25) is 5.91 Å². The average molecular weight is 370 g/mol. The Kier molecular flexibility index (Phi) is 6.01. The Hall–Kier alpha value is -2.67. The molecule has 2 heterocycles. The maximum atomic E-state index is 12.0. The van der Waals surface area contributed by atoms with Crippen LogP contribution in [0.1, 0.15) is 35.9 Å². The molecule has 26 heavy (non-hydrogen) atoms. The highest BCUT2D eigenvalue weighted by molar-refractivity contribution is 7.08. The van der Waals surface area contributed by atoms with E-state index in [1.807, 2.05) is 35.0 Å². The molecule has 0 saturated heterocycles. The van der Waals surface area contributed by atoms with Crippen molar-refractivity contribution in [3.05, 3.63) is 52.5 Å². The summed E-state index contributed by atoms with van der Waals surface area (Å²) < 4.78 is 2.11. The maximum Gasteiger partial charge on any atom is 0.252 e. The largest absolute Gasteiger partial charge is 0.352 e. The zero-order chi connectivity index (χ0) is 18.4. The van der Waals surface area contributed by atoms with Crippen LogP contribution in [0.2, 0.25) is 0 Å². The normalized spacial score (nSPS) is 10.8. The molecule has 0 aliphatic heterocycles. The van der Waals surface area contributed by atoms with E-state index in [0.717, 1.165) is 23.4 Å². The number of hydrogen-bond donors (Lipinski definition) is 2. The quantitative estimate of drug-likeness (QED) is 0.599. The van der Waals surface area contributed by atoms with E-state index in [4.69, 9.17) is 0 Å². The lowest BCUT2D eigenvalue weighted by Gasteiger charge is -2.08. The van der Waals surface area contributed by atoms with Crippen molar-refractivity contribution in [3.63, 3.8) is 0 Å². The number of amides is 2. The molecule has 0 spiro atoms. The van der Waals surface area contributed by atoms with Gasteiger partial charge in [0.25, 0.3) is 5.91 Å². The van der Waals surface area contributed by atoms with Gasteiger partial charge in [0, 0.05) is 30.5 Å². The van der Waals surface area contributed by atoms with E-state index in [9.17, 15) is 9.59 Å². The number of aromatic nitrogens is 2. The first-order valence-electron chi connectivity index (χ1n) is 8.70. The third-order valence-electron chi connectivity index (χ3n) is 4.14. The van der Waals surface area contributed by atoms with Gasteiger partial charge in [-0.3, -0.25) is 9.59 Å². The highest BCUT2D eigenvalue weighted by Crippen LogP contribution is 2.15. The molecule has 3 aromatic rings. The Labute approximate surface area is 156 Å². The van der Waals surface area contributed by atoms with Crippen LogP contribution in [0.15, 0.2) is 41.1 Å². The Morgan fingerprint density at radius 3 is 2.81 bits per heavy atom. The molecule has 0 saturated carbocycles. The van der Waals surface area contributed by atoms with Gasteiger partial charge >= 0.3 is 0 Å². The van der Waals surface area contributed by atoms with Crippen LogP contribution in [0.25, 0.3) is 11.0 Å². The summed E-state index contributed by atoms with van der Waals surface area (Å²) in [7, 11) is 0. The molecule has 0 bridgehead atoms. The van der Waals surface area contributed by atoms with E-state index in [1.165, 1.54) is 11.3 Å². The number of nitrogens with one attached hydrogen (secondary N) is 2. The molecule has 0 aliphatic rings. The van der Waals surface area contributed by atoms with Gasteiger partial charge < -0.3 is 15.2 Å². The predicted molar refractivity (Wildman–Crippen MR) is 103 cm³/mol. The van der Waals surface area contributed by atoms with E-state index in [0.29, 0.717) is 31.5 Å². The lowest BCUT2D eigenvalue weighted by molar-refractivity contribution is -0.121. The SMILES string of the molecule is CCn1c(CNC(=O)CCCNC(=O)c2ccsc2)nc2ccccc21. The summed E-state index contributed by atoms with van der Waals surface area (Å²) in [5.74, 6) is 0.723. The number of rotatable bonds is 8. The molecule has 0 fully saturated rings. The number of fused-ring (bicyclic) bond motifs is 1. The lowest BCUT2D eigenvalue weighted by atomic mass is 10.2. The molecule has 3 rings (SSSR count). The third kappa shape index (κ3) is 4.29. The molecule has 2 aromatic heterocycles. The lowest BCUT2D eigenvalue weighted by Crippen LogP contribution is -2.27. The van der Waals surface area contributed by atoms with Crippen LogP contribution in [0.5, 0.6) is 0 Å². The van der Waals surface area contributed by atoms with Crippen molar-refractivity contribution in [1.29, 1.82) is 0 Å². The van der Waals surface area contributed by atoms with Crippen LogP contribution >= 0.6 is 11.3 Å². The summed E-state index contributed by atoms with van der Waals surface area (Å²) in [6.45, 7) is 3.76. The second-order valence-corrected chi connectivity index (χ2v) is 6.69. The summed E-state index contributed by atoms with van der Waals surface area (Å²) in [6, 6.07) is 9.74. The fraction of sp³-hybridized carbons (Fsp3) is 0.316. The summed E-state index contributed by atoms with van der Waals surface area (Å²) in [4.78, 5) is 28.4. The number of carbonyl (C=O) groups excluding carboxylic acids is 2. The van der Waals surface area contributed by atoms with E-state index in [2.05, 4.69) is 27.1 Å². The number of carbonyl (C=O) groups is 2. The molecule has 0 radical (unpaired) electrons. The first-order valence-corrected chi connectivity index (χ1v) is 9.64. The van der Waals surface area contributed by atoms with Crippen LogP contribution in [0, 0.1) is 0 Å². The Morgan fingerprint density at radius 2 is 2.04 bits per heavy atom. The Morgan fingerprint density at radius 1 is 1.19 bits per heavy atom. The average Bonchev–Trinajstić information content (AvgIpc) is 3.30. The number of hydrogen-bond acceptors (Lipinski definition) is 4.